The zero-order chi connectivity index (χ0) is 13.9. The van der Waals surface area contributed by atoms with Gasteiger partial charge in [0.15, 0.2) is 0 Å². The van der Waals surface area contributed by atoms with E-state index in [4.69, 9.17) is 5.73 Å². The van der Waals surface area contributed by atoms with Crippen LogP contribution in [0.1, 0.15) is 23.4 Å². The van der Waals surface area contributed by atoms with Crippen molar-refractivity contribution in [1.29, 1.82) is 0 Å². The first-order valence-electron chi connectivity index (χ1n) is 6.36. The van der Waals surface area contributed by atoms with E-state index in [1.54, 1.807) is 5.51 Å². The molecule has 1 aliphatic heterocycles. The maximum atomic E-state index is 12.2. The second-order valence-electron chi connectivity index (χ2n) is 4.77. The van der Waals surface area contributed by atoms with Crippen LogP contribution in [0.4, 0.5) is 0 Å². The lowest BCUT2D eigenvalue weighted by molar-refractivity contribution is 0.276. The van der Waals surface area contributed by atoms with Crippen molar-refractivity contribution in [3.8, 4) is 0 Å². The van der Waals surface area contributed by atoms with Crippen molar-refractivity contribution < 1.29 is 8.42 Å². The molecule has 0 aliphatic carbocycles. The Kier molecular flexibility index (Phi) is 4.91. The van der Waals surface area contributed by atoms with Gasteiger partial charge in [0, 0.05) is 24.5 Å². The van der Waals surface area contributed by atoms with E-state index in [1.807, 2.05) is 6.92 Å². The second kappa shape index (κ2) is 6.27. The Morgan fingerprint density at radius 1 is 1.53 bits per heavy atom. The molecule has 0 amide bonds. The summed E-state index contributed by atoms with van der Waals surface area (Å²) in [6.45, 7) is 3.95. The first kappa shape index (κ1) is 14.9. The number of nitrogens with zero attached hydrogens (tertiary/aromatic N) is 2. The van der Waals surface area contributed by atoms with E-state index in [0.29, 0.717) is 32.1 Å². The third kappa shape index (κ3) is 3.73. The number of rotatable bonds is 5. The zero-order valence-corrected chi connectivity index (χ0v) is 12.6. The molecule has 1 fully saturated rings. The second-order valence-corrected chi connectivity index (χ2v) is 7.46. The van der Waals surface area contributed by atoms with Gasteiger partial charge >= 0.3 is 0 Å². The number of piperidine rings is 1. The molecule has 2 rings (SSSR count). The summed E-state index contributed by atoms with van der Waals surface area (Å²) in [5.41, 5.74) is 8.22. The highest BCUT2D eigenvalue weighted by Gasteiger charge is 2.27. The van der Waals surface area contributed by atoms with Gasteiger partial charge in [-0.05, 0) is 32.2 Å². The smallest absolute Gasteiger partial charge is 0.279 e. The summed E-state index contributed by atoms with van der Waals surface area (Å²) in [6.07, 6.45) is 1.69. The highest BCUT2D eigenvalue weighted by Crippen LogP contribution is 2.18. The summed E-state index contributed by atoms with van der Waals surface area (Å²) in [5.74, 6) is 0.454. The summed E-state index contributed by atoms with van der Waals surface area (Å²) in [5, 5.41) is 0. The molecule has 0 radical (unpaired) electrons. The van der Waals surface area contributed by atoms with Crippen LogP contribution in [0.25, 0.3) is 0 Å². The van der Waals surface area contributed by atoms with E-state index in [-0.39, 0.29) is 0 Å². The van der Waals surface area contributed by atoms with Crippen molar-refractivity contribution in [3.63, 3.8) is 0 Å². The van der Waals surface area contributed by atoms with Crippen LogP contribution in [0, 0.1) is 12.8 Å². The fourth-order valence-corrected chi connectivity index (χ4v) is 4.14. The molecule has 0 spiro atoms. The number of aryl methyl sites for hydroxylation is 1. The Morgan fingerprint density at radius 3 is 2.74 bits per heavy atom. The van der Waals surface area contributed by atoms with Crippen molar-refractivity contribution in [2.75, 3.05) is 19.6 Å². The van der Waals surface area contributed by atoms with Crippen molar-refractivity contribution in [3.05, 3.63) is 16.1 Å². The quantitative estimate of drug-likeness (QED) is 0.827. The molecule has 8 heteroatoms. The van der Waals surface area contributed by atoms with Crippen LogP contribution in [0.15, 0.2) is 5.51 Å². The average Bonchev–Trinajstić information content (AvgIpc) is 2.82. The van der Waals surface area contributed by atoms with Gasteiger partial charge in [-0.3, -0.25) is 0 Å². The lowest BCUT2D eigenvalue weighted by Crippen LogP contribution is -2.45. The summed E-state index contributed by atoms with van der Waals surface area (Å²) in [7, 11) is -3.39. The molecular weight excluding hydrogens is 284 g/mol. The van der Waals surface area contributed by atoms with Crippen LogP contribution in [0.2, 0.25) is 0 Å². The van der Waals surface area contributed by atoms with Gasteiger partial charge in [-0.2, -0.15) is 17.4 Å². The van der Waals surface area contributed by atoms with Gasteiger partial charge in [-0.25, -0.2) is 4.98 Å². The van der Waals surface area contributed by atoms with Crippen molar-refractivity contribution in [2.45, 2.75) is 26.3 Å². The van der Waals surface area contributed by atoms with E-state index in [0.717, 1.165) is 23.4 Å². The van der Waals surface area contributed by atoms with Gasteiger partial charge in [0.2, 0.25) is 0 Å². The van der Waals surface area contributed by atoms with Crippen LogP contribution < -0.4 is 10.5 Å². The molecule has 2 heterocycles. The van der Waals surface area contributed by atoms with Gasteiger partial charge in [0.25, 0.3) is 10.2 Å². The largest absolute Gasteiger partial charge is 0.330 e. The van der Waals surface area contributed by atoms with Gasteiger partial charge in [-0.15, -0.1) is 11.3 Å². The van der Waals surface area contributed by atoms with Gasteiger partial charge in [-0.1, -0.05) is 0 Å². The molecule has 1 aromatic rings. The Bertz CT molecular complexity index is 507. The number of hydrogen-bond donors (Lipinski definition) is 2. The molecule has 0 atom stereocenters. The molecule has 0 saturated carbocycles. The van der Waals surface area contributed by atoms with Gasteiger partial charge < -0.3 is 5.73 Å². The van der Waals surface area contributed by atoms with Crippen LogP contribution in [0.5, 0.6) is 0 Å². The predicted octanol–water partition coefficient (Wildman–Crippen LogP) is 0.457. The number of nitrogens with two attached hydrogens (primary N) is 1. The highest BCUT2D eigenvalue weighted by atomic mass is 32.2. The molecule has 1 saturated heterocycles. The standard InChI is InChI=1S/C11H20N4O2S2/c1-9-11(18-8-13-9)7-14-19(16,17)15-4-2-10(6-12)3-5-15/h8,10,14H,2-7,12H2,1H3. The van der Waals surface area contributed by atoms with Crippen LogP contribution >= 0.6 is 11.3 Å². The summed E-state index contributed by atoms with van der Waals surface area (Å²) in [4.78, 5) is 5.07. The van der Waals surface area contributed by atoms with E-state index < -0.39 is 10.2 Å². The van der Waals surface area contributed by atoms with Crippen LogP contribution in [0.3, 0.4) is 0 Å². The highest BCUT2D eigenvalue weighted by molar-refractivity contribution is 7.87. The van der Waals surface area contributed by atoms with Crippen LogP contribution in [-0.2, 0) is 16.8 Å². The molecule has 1 aromatic heterocycles. The maximum absolute atomic E-state index is 12.2. The number of hydrogen-bond acceptors (Lipinski definition) is 5. The van der Waals surface area contributed by atoms with E-state index in [1.165, 1.54) is 15.6 Å². The van der Waals surface area contributed by atoms with E-state index in [2.05, 4.69) is 9.71 Å². The summed E-state index contributed by atoms with van der Waals surface area (Å²) < 4.78 is 28.5. The number of aromatic nitrogens is 1. The minimum Gasteiger partial charge on any atom is -0.330 e. The first-order valence-corrected chi connectivity index (χ1v) is 8.68. The topological polar surface area (TPSA) is 88.3 Å². The Labute approximate surface area is 118 Å². The van der Waals surface area contributed by atoms with Crippen molar-refractivity contribution in [2.24, 2.45) is 11.7 Å². The predicted molar refractivity (Wildman–Crippen MR) is 76.0 cm³/mol. The molecule has 6 nitrogen and oxygen atoms in total. The van der Waals surface area contributed by atoms with Crippen LogP contribution in [-0.4, -0.2) is 37.3 Å². The lowest BCUT2D eigenvalue weighted by atomic mass is 9.99. The minimum absolute atomic E-state index is 0.315. The third-order valence-corrected chi connectivity index (χ3v) is 6.00. The van der Waals surface area contributed by atoms with Crippen molar-refractivity contribution >= 4 is 21.5 Å². The molecule has 19 heavy (non-hydrogen) atoms. The monoisotopic (exact) mass is 304 g/mol. The minimum atomic E-state index is -3.39. The van der Waals surface area contributed by atoms with E-state index in [9.17, 15) is 8.42 Å². The van der Waals surface area contributed by atoms with Gasteiger partial charge in [0.05, 0.1) is 11.2 Å². The summed E-state index contributed by atoms with van der Waals surface area (Å²) >= 11 is 1.47. The normalized spacial score (nSPS) is 18.8. The third-order valence-electron chi connectivity index (χ3n) is 3.51. The lowest BCUT2D eigenvalue weighted by Gasteiger charge is -2.30. The SMILES string of the molecule is Cc1ncsc1CNS(=O)(=O)N1CCC(CN)CC1. The first-order chi connectivity index (χ1) is 9.03. The zero-order valence-electron chi connectivity index (χ0n) is 11.0. The molecule has 0 bridgehead atoms. The van der Waals surface area contributed by atoms with Gasteiger partial charge in [0.1, 0.15) is 0 Å². The molecule has 3 N–H and O–H groups in total. The summed E-state index contributed by atoms with van der Waals surface area (Å²) in [6, 6.07) is 0. The fraction of sp³-hybridized carbons (Fsp3) is 0.727. The maximum Gasteiger partial charge on any atom is 0.279 e. The number of nitrogens with one attached hydrogen (secondary N) is 1. The molecular formula is C11H20N4O2S2. The molecule has 108 valence electrons. The Morgan fingerprint density at radius 2 is 2.21 bits per heavy atom. The number of thiazole rings is 1. The molecule has 0 aromatic carbocycles. The fourth-order valence-electron chi connectivity index (χ4n) is 2.13. The average molecular weight is 304 g/mol. The van der Waals surface area contributed by atoms with Crippen molar-refractivity contribution in [1.82, 2.24) is 14.0 Å². The Hall–Kier alpha value is -0.540. The molecule has 0 unspecified atom stereocenters. The Balaban J connectivity index is 1.90. The van der Waals surface area contributed by atoms with E-state index >= 15 is 0 Å². The molecule has 1 aliphatic rings.